The summed E-state index contributed by atoms with van der Waals surface area (Å²) in [6, 6.07) is 9.89. The van der Waals surface area contributed by atoms with Gasteiger partial charge in [0, 0.05) is 12.4 Å². The van der Waals surface area contributed by atoms with Crippen molar-refractivity contribution in [3.05, 3.63) is 54.6 Å². The van der Waals surface area contributed by atoms with Gasteiger partial charge in [0.25, 0.3) is 0 Å². The van der Waals surface area contributed by atoms with Crippen LogP contribution in [0.15, 0.2) is 49.1 Å². The van der Waals surface area contributed by atoms with Gasteiger partial charge in [0.15, 0.2) is 0 Å². The maximum absolute atomic E-state index is 11.1. The van der Waals surface area contributed by atoms with E-state index in [0.29, 0.717) is 13.0 Å². The molecule has 1 aromatic heterocycles. The molecule has 0 radical (unpaired) electrons. The van der Waals surface area contributed by atoms with Crippen LogP contribution in [0.25, 0.3) is 0 Å². The predicted molar refractivity (Wildman–Crippen MR) is 76.6 cm³/mol. The SMILES string of the molecule is CC(C)(C)CC(O)(Cn1ccnc1)c1ccccc1. The zero-order valence-electron chi connectivity index (χ0n) is 11.9. The summed E-state index contributed by atoms with van der Waals surface area (Å²) in [7, 11) is 0. The smallest absolute Gasteiger partial charge is 0.108 e. The summed E-state index contributed by atoms with van der Waals surface area (Å²) in [6.45, 7) is 6.97. The summed E-state index contributed by atoms with van der Waals surface area (Å²) in [4.78, 5) is 4.05. The lowest BCUT2D eigenvalue weighted by Crippen LogP contribution is -2.35. The normalized spacial score (nSPS) is 15.2. The number of imidazole rings is 1. The van der Waals surface area contributed by atoms with Crippen LogP contribution >= 0.6 is 0 Å². The summed E-state index contributed by atoms with van der Waals surface area (Å²) in [5.41, 5.74) is 0.129. The molecule has 0 aliphatic heterocycles. The largest absolute Gasteiger partial charge is 0.383 e. The Bertz CT molecular complexity index is 499. The molecule has 0 saturated carbocycles. The summed E-state index contributed by atoms with van der Waals surface area (Å²) in [6.07, 6.45) is 6.07. The van der Waals surface area contributed by atoms with Gasteiger partial charge in [0.05, 0.1) is 12.9 Å². The fourth-order valence-electron chi connectivity index (χ4n) is 2.56. The van der Waals surface area contributed by atoms with E-state index in [4.69, 9.17) is 0 Å². The molecule has 3 nitrogen and oxygen atoms in total. The van der Waals surface area contributed by atoms with Gasteiger partial charge in [-0.05, 0) is 17.4 Å². The standard InChI is InChI=1S/C16H22N2O/c1-15(2,3)11-16(19,12-18-10-9-17-13-18)14-7-5-4-6-8-14/h4-10,13,19H,11-12H2,1-3H3. The van der Waals surface area contributed by atoms with Crippen LogP contribution in [-0.2, 0) is 12.1 Å². The average molecular weight is 258 g/mol. The molecule has 102 valence electrons. The number of nitrogens with zero attached hydrogens (tertiary/aromatic N) is 2. The van der Waals surface area contributed by atoms with Crippen molar-refractivity contribution in [1.29, 1.82) is 0 Å². The number of aliphatic hydroxyl groups is 1. The van der Waals surface area contributed by atoms with Crippen LogP contribution in [0, 0.1) is 5.41 Å². The minimum absolute atomic E-state index is 0.0468. The van der Waals surface area contributed by atoms with Crippen molar-refractivity contribution in [2.45, 2.75) is 39.3 Å². The Labute approximate surface area is 114 Å². The molecule has 3 heteroatoms. The second-order valence-corrected chi connectivity index (χ2v) is 6.37. The van der Waals surface area contributed by atoms with E-state index in [1.54, 1.807) is 12.5 Å². The van der Waals surface area contributed by atoms with Gasteiger partial charge in [0.2, 0.25) is 0 Å². The third-order valence-electron chi connectivity index (χ3n) is 3.14. The van der Waals surface area contributed by atoms with Gasteiger partial charge in [-0.15, -0.1) is 0 Å². The van der Waals surface area contributed by atoms with Crippen molar-refractivity contribution in [3.63, 3.8) is 0 Å². The highest BCUT2D eigenvalue weighted by molar-refractivity contribution is 5.22. The van der Waals surface area contributed by atoms with Crippen molar-refractivity contribution in [3.8, 4) is 0 Å². The Morgan fingerprint density at radius 3 is 2.37 bits per heavy atom. The zero-order valence-corrected chi connectivity index (χ0v) is 11.9. The minimum Gasteiger partial charge on any atom is -0.383 e. The number of hydrogen-bond donors (Lipinski definition) is 1. The van der Waals surface area contributed by atoms with Gasteiger partial charge < -0.3 is 9.67 Å². The quantitative estimate of drug-likeness (QED) is 0.914. The molecule has 0 aliphatic rings. The zero-order chi connectivity index (χ0) is 13.9. The number of aromatic nitrogens is 2. The first-order valence-corrected chi connectivity index (χ1v) is 6.63. The Balaban J connectivity index is 2.32. The van der Waals surface area contributed by atoms with E-state index in [1.165, 1.54) is 0 Å². The summed E-state index contributed by atoms with van der Waals surface area (Å²) in [5, 5.41) is 11.1. The van der Waals surface area contributed by atoms with Crippen LogP contribution in [0.5, 0.6) is 0 Å². The molecule has 0 bridgehead atoms. The molecule has 0 spiro atoms. The molecule has 0 fully saturated rings. The molecular formula is C16H22N2O. The van der Waals surface area contributed by atoms with Gasteiger partial charge in [-0.1, -0.05) is 51.1 Å². The number of rotatable bonds is 4. The third kappa shape index (κ3) is 3.67. The summed E-state index contributed by atoms with van der Waals surface area (Å²) < 4.78 is 1.93. The van der Waals surface area contributed by atoms with E-state index in [0.717, 1.165) is 5.56 Å². The van der Waals surface area contributed by atoms with Gasteiger partial charge in [0.1, 0.15) is 5.60 Å². The van der Waals surface area contributed by atoms with Crippen LogP contribution < -0.4 is 0 Å². The molecule has 1 N–H and O–H groups in total. The first kappa shape index (κ1) is 13.8. The van der Waals surface area contributed by atoms with E-state index >= 15 is 0 Å². The Hall–Kier alpha value is -1.61. The number of hydrogen-bond acceptors (Lipinski definition) is 2. The van der Waals surface area contributed by atoms with Crippen molar-refractivity contribution in [2.24, 2.45) is 5.41 Å². The Morgan fingerprint density at radius 1 is 1.16 bits per heavy atom. The van der Waals surface area contributed by atoms with Crippen LogP contribution in [0.2, 0.25) is 0 Å². The third-order valence-corrected chi connectivity index (χ3v) is 3.14. The summed E-state index contributed by atoms with van der Waals surface area (Å²) >= 11 is 0. The maximum Gasteiger partial charge on any atom is 0.108 e. The predicted octanol–water partition coefficient (Wildman–Crippen LogP) is 3.21. The Morgan fingerprint density at radius 2 is 1.84 bits per heavy atom. The van der Waals surface area contributed by atoms with E-state index in [2.05, 4.69) is 25.8 Å². The molecule has 1 heterocycles. The van der Waals surface area contributed by atoms with E-state index in [1.807, 2.05) is 41.1 Å². The highest BCUT2D eigenvalue weighted by atomic mass is 16.3. The van der Waals surface area contributed by atoms with Crippen LogP contribution in [0.3, 0.4) is 0 Å². The lowest BCUT2D eigenvalue weighted by Gasteiger charge is -2.35. The highest BCUT2D eigenvalue weighted by Gasteiger charge is 2.34. The molecule has 0 saturated heterocycles. The van der Waals surface area contributed by atoms with Gasteiger partial charge in [-0.25, -0.2) is 4.98 Å². The molecule has 2 rings (SSSR count). The molecule has 1 aromatic carbocycles. The highest BCUT2D eigenvalue weighted by Crippen LogP contribution is 2.36. The molecule has 0 aliphatic carbocycles. The van der Waals surface area contributed by atoms with E-state index < -0.39 is 5.60 Å². The molecule has 0 amide bonds. The van der Waals surface area contributed by atoms with E-state index in [-0.39, 0.29) is 5.41 Å². The van der Waals surface area contributed by atoms with Crippen molar-refractivity contribution in [1.82, 2.24) is 9.55 Å². The van der Waals surface area contributed by atoms with Crippen LogP contribution in [0.4, 0.5) is 0 Å². The molecular weight excluding hydrogens is 236 g/mol. The van der Waals surface area contributed by atoms with Gasteiger partial charge in [-0.2, -0.15) is 0 Å². The lowest BCUT2D eigenvalue weighted by atomic mass is 9.78. The molecule has 1 unspecified atom stereocenters. The van der Waals surface area contributed by atoms with Crippen molar-refractivity contribution < 1.29 is 5.11 Å². The second-order valence-electron chi connectivity index (χ2n) is 6.37. The first-order chi connectivity index (χ1) is 8.89. The fourth-order valence-corrected chi connectivity index (χ4v) is 2.56. The fraction of sp³-hybridized carbons (Fsp3) is 0.438. The minimum atomic E-state index is -0.875. The summed E-state index contributed by atoms with van der Waals surface area (Å²) in [5.74, 6) is 0. The van der Waals surface area contributed by atoms with Gasteiger partial charge >= 0.3 is 0 Å². The monoisotopic (exact) mass is 258 g/mol. The number of benzene rings is 1. The first-order valence-electron chi connectivity index (χ1n) is 6.63. The topological polar surface area (TPSA) is 38.0 Å². The van der Waals surface area contributed by atoms with Crippen LogP contribution in [-0.4, -0.2) is 14.7 Å². The van der Waals surface area contributed by atoms with Crippen LogP contribution in [0.1, 0.15) is 32.8 Å². The van der Waals surface area contributed by atoms with Crippen molar-refractivity contribution in [2.75, 3.05) is 0 Å². The van der Waals surface area contributed by atoms with Gasteiger partial charge in [-0.3, -0.25) is 0 Å². The maximum atomic E-state index is 11.1. The molecule has 2 aromatic rings. The van der Waals surface area contributed by atoms with Crippen molar-refractivity contribution >= 4 is 0 Å². The second kappa shape index (κ2) is 5.17. The average Bonchev–Trinajstić information content (AvgIpc) is 2.80. The van der Waals surface area contributed by atoms with E-state index in [9.17, 15) is 5.11 Å². The molecule has 19 heavy (non-hydrogen) atoms. The Kier molecular flexibility index (Phi) is 3.76. The molecule has 1 atom stereocenters. The lowest BCUT2D eigenvalue weighted by molar-refractivity contribution is -0.0187.